The van der Waals surface area contributed by atoms with Crippen LogP contribution in [-0.4, -0.2) is 13.2 Å². The summed E-state index contributed by atoms with van der Waals surface area (Å²) in [6.07, 6.45) is 0. The maximum atomic E-state index is 12.3. The Morgan fingerprint density at radius 1 is 1.30 bits per heavy atom. The van der Waals surface area contributed by atoms with Crippen molar-refractivity contribution in [1.29, 1.82) is 0 Å². The normalized spacial score (nSPS) is 12.7. The molecule has 20 heavy (non-hydrogen) atoms. The number of alkyl halides is 2. The van der Waals surface area contributed by atoms with Crippen molar-refractivity contribution in [2.75, 3.05) is 6.54 Å². The molecule has 0 aliphatic rings. The summed E-state index contributed by atoms with van der Waals surface area (Å²) in [6, 6.07) is 9.99. The minimum atomic E-state index is -2.83. The van der Waals surface area contributed by atoms with Gasteiger partial charge in [0.2, 0.25) is 0 Å². The highest BCUT2D eigenvalue weighted by molar-refractivity contribution is 9.10. The van der Waals surface area contributed by atoms with Crippen LogP contribution in [0.25, 0.3) is 0 Å². The highest BCUT2D eigenvalue weighted by atomic mass is 79.9. The Morgan fingerprint density at radius 2 is 2.10 bits per heavy atom. The van der Waals surface area contributed by atoms with Crippen molar-refractivity contribution in [3.8, 4) is 5.75 Å². The number of furan rings is 1. The minimum absolute atomic E-state index is 0.131. The van der Waals surface area contributed by atoms with Gasteiger partial charge in [0.15, 0.2) is 4.67 Å². The van der Waals surface area contributed by atoms with E-state index in [-0.39, 0.29) is 11.8 Å². The zero-order valence-corrected chi connectivity index (χ0v) is 12.4. The Morgan fingerprint density at radius 3 is 2.70 bits per heavy atom. The van der Waals surface area contributed by atoms with Crippen molar-refractivity contribution in [2.45, 2.75) is 19.6 Å². The van der Waals surface area contributed by atoms with Crippen LogP contribution in [0.3, 0.4) is 0 Å². The van der Waals surface area contributed by atoms with E-state index in [1.54, 1.807) is 18.2 Å². The Kier molecular flexibility index (Phi) is 5.14. The molecule has 2 rings (SSSR count). The molecule has 108 valence electrons. The van der Waals surface area contributed by atoms with Gasteiger partial charge >= 0.3 is 6.61 Å². The number of hydrogen-bond donors (Lipinski definition) is 1. The Balaban J connectivity index is 2.29. The van der Waals surface area contributed by atoms with Gasteiger partial charge in [-0.15, -0.1) is 0 Å². The molecule has 0 saturated carbocycles. The molecule has 6 heteroatoms. The first-order valence-corrected chi connectivity index (χ1v) is 6.93. The summed E-state index contributed by atoms with van der Waals surface area (Å²) in [5.41, 5.74) is 0.798. The third-order valence-electron chi connectivity index (χ3n) is 2.70. The summed E-state index contributed by atoms with van der Waals surface area (Å²) in [6.45, 7) is -0.159. The molecule has 1 N–H and O–H groups in total. The molecule has 0 radical (unpaired) electrons. The van der Waals surface area contributed by atoms with Crippen LogP contribution in [-0.2, 0) is 0 Å². The van der Waals surface area contributed by atoms with Gasteiger partial charge in [0.1, 0.15) is 11.5 Å². The first-order chi connectivity index (χ1) is 9.60. The van der Waals surface area contributed by atoms with Crippen molar-refractivity contribution < 1.29 is 17.9 Å². The lowest BCUT2D eigenvalue weighted by Crippen LogP contribution is -2.21. The van der Waals surface area contributed by atoms with Crippen LogP contribution in [0.15, 0.2) is 45.5 Å². The van der Waals surface area contributed by atoms with Gasteiger partial charge in [-0.1, -0.05) is 19.1 Å². The number of halogens is 3. The maximum Gasteiger partial charge on any atom is 0.387 e. The van der Waals surface area contributed by atoms with E-state index < -0.39 is 6.61 Å². The predicted molar refractivity (Wildman–Crippen MR) is 75.0 cm³/mol. The highest BCUT2D eigenvalue weighted by Gasteiger charge is 2.17. The zero-order chi connectivity index (χ0) is 14.5. The summed E-state index contributed by atoms with van der Waals surface area (Å²) in [4.78, 5) is 0. The first-order valence-electron chi connectivity index (χ1n) is 6.13. The van der Waals surface area contributed by atoms with E-state index in [0.717, 1.165) is 5.56 Å². The molecule has 0 amide bonds. The average molecular weight is 346 g/mol. The summed E-state index contributed by atoms with van der Waals surface area (Å²) in [7, 11) is 0. The lowest BCUT2D eigenvalue weighted by molar-refractivity contribution is -0.0498. The molecule has 1 atom stereocenters. The van der Waals surface area contributed by atoms with Crippen molar-refractivity contribution in [3.63, 3.8) is 0 Å². The predicted octanol–water partition coefficient (Wildman–Crippen LogP) is 4.34. The molecule has 0 aliphatic carbocycles. The molecule has 1 heterocycles. The van der Waals surface area contributed by atoms with Gasteiger partial charge in [0, 0.05) is 0 Å². The molecule has 1 unspecified atom stereocenters. The van der Waals surface area contributed by atoms with E-state index >= 15 is 0 Å². The fourth-order valence-electron chi connectivity index (χ4n) is 1.94. The first kappa shape index (κ1) is 15.0. The van der Waals surface area contributed by atoms with E-state index in [0.29, 0.717) is 17.0 Å². The number of hydrogen-bond acceptors (Lipinski definition) is 3. The number of benzene rings is 1. The molecule has 1 aromatic carbocycles. The summed E-state index contributed by atoms with van der Waals surface area (Å²) < 4.78 is 35.1. The fraction of sp³-hybridized carbons (Fsp3) is 0.286. The van der Waals surface area contributed by atoms with Crippen molar-refractivity contribution in [3.05, 3.63) is 52.4 Å². The number of ether oxygens (including phenoxy) is 1. The van der Waals surface area contributed by atoms with Crippen LogP contribution in [0.5, 0.6) is 5.75 Å². The van der Waals surface area contributed by atoms with Gasteiger partial charge in [-0.3, -0.25) is 0 Å². The summed E-state index contributed by atoms with van der Waals surface area (Å²) >= 11 is 3.25. The molecule has 0 bridgehead atoms. The van der Waals surface area contributed by atoms with Crippen LogP contribution in [0.2, 0.25) is 0 Å². The zero-order valence-electron chi connectivity index (χ0n) is 10.8. The standard InChI is InChI=1S/C14H14BrF2NO2/c1-2-18-13(11-6-7-12(15)20-11)9-4-3-5-10(8-9)19-14(16)17/h3-8,13-14,18H,2H2,1H3. The quantitative estimate of drug-likeness (QED) is 0.845. The van der Waals surface area contributed by atoms with E-state index in [2.05, 4.69) is 26.0 Å². The third kappa shape index (κ3) is 3.80. The van der Waals surface area contributed by atoms with Crippen molar-refractivity contribution >= 4 is 15.9 Å². The Bertz CT molecular complexity index is 560. The van der Waals surface area contributed by atoms with Gasteiger partial charge in [-0.05, 0) is 52.3 Å². The number of rotatable bonds is 6. The van der Waals surface area contributed by atoms with Gasteiger partial charge < -0.3 is 14.5 Å². The second-order valence-corrected chi connectivity index (χ2v) is 4.87. The lowest BCUT2D eigenvalue weighted by atomic mass is 10.0. The summed E-state index contributed by atoms with van der Waals surface area (Å²) in [5.74, 6) is 0.832. The number of nitrogens with one attached hydrogen (secondary N) is 1. The smallest absolute Gasteiger partial charge is 0.387 e. The van der Waals surface area contributed by atoms with Crippen LogP contribution in [0.4, 0.5) is 8.78 Å². The lowest BCUT2D eigenvalue weighted by Gasteiger charge is -2.17. The molecule has 0 fully saturated rings. The Hall–Kier alpha value is -1.40. The Labute approximate surface area is 124 Å². The van der Waals surface area contributed by atoms with E-state index in [9.17, 15) is 8.78 Å². The van der Waals surface area contributed by atoms with Crippen LogP contribution < -0.4 is 10.1 Å². The van der Waals surface area contributed by atoms with Crippen LogP contribution >= 0.6 is 15.9 Å². The topological polar surface area (TPSA) is 34.4 Å². The SMILES string of the molecule is CCNC(c1cccc(OC(F)F)c1)c1ccc(Br)o1. The van der Waals surface area contributed by atoms with Crippen LogP contribution in [0, 0.1) is 0 Å². The summed E-state index contributed by atoms with van der Waals surface area (Å²) in [5, 5.41) is 3.25. The van der Waals surface area contributed by atoms with Gasteiger partial charge in [-0.25, -0.2) is 0 Å². The molecular weight excluding hydrogens is 332 g/mol. The van der Waals surface area contributed by atoms with Crippen LogP contribution in [0.1, 0.15) is 24.3 Å². The molecule has 1 aromatic heterocycles. The minimum Gasteiger partial charge on any atom is -0.452 e. The monoisotopic (exact) mass is 345 g/mol. The molecular formula is C14H14BrF2NO2. The van der Waals surface area contributed by atoms with E-state index in [4.69, 9.17) is 4.42 Å². The van der Waals surface area contributed by atoms with Gasteiger partial charge in [0.05, 0.1) is 6.04 Å². The molecule has 2 aromatic rings. The average Bonchev–Trinajstić information content (AvgIpc) is 2.82. The van der Waals surface area contributed by atoms with Crippen molar-refractivity contribution in [1.82, 2.24) is 5.32 Å². The van der Waals surface area contributed by atoms with Crippen molar-refractivity contribution in [2.24, 2.45) is 0 Å². The van der Waals surface area contributed by atoms with Gasteiger partial charge in [0.25, 0.3) is 0 Å². The second-order valence-electron chi connectivity index (χ2n) is 4.08. The van der Waals surface area contributed by atoms with Gasteiger partial charge in [-0.2, -0.15) is 8.78 Å². The highest BCUT2D eigenvalue weighted by Crippen LogP contribution is 2.28. The maximum absolute atomic E-state index is 12.3. The largest absolute Gasteiger partial charge is 0.452 e. The fourth-order valence-corrected chi connectivity index (χ4v) is 2.26. The van der Waals surface area contributed by atoms with E-state index in [1.165, 1.54) is 6.07 Å². The molecule has 3 nitrogen and oxygen atoms in total. The van der Waals surface area contributed by atoms with E-state index in [1.807, 2.05) is 19.1 Å². The third-order valence-corrected chi connectivity index (χ3v) is 3.13. The molecule has 0 spiro atoms. The second kappa shape index (κ2) is 6.85. The molecule has 0 aliphatic heterocycles. The molecule has 0 saturated heterocycles.